The number of rotatable bonds is 10. The highest BCUT2D eigenvalue weighted by atomic mass is 16.5. The van der Waals surface area contributed by atoms with E-state index in [9.17, 15) is 9.59 Å². The minimum absolute atomic E-state index is 0.00582. The molecule has 3 rings (SSSR count). The Bertz CT molecular complexity index is 923. The predicted octanol–water partition coefficient (Wildman–Crippen LogP) is 4.03. The summed E-state index contributed by atoms with van der Waals surface area (Å²) in [4.78, 5) is 27.7. The molecule has 2 aromatic carbocycles. The smallest absolute Gasteiger partial charge is 0.253 e. The van der Waals surface area contributed by atoms with Gasteiger partial charge in [0.05, 0.1) is 25.7 Å². The summed E-state index contributed by atoms with van der Waals surface area (Å²) < 4.78 is 10.9. The number of benzene rings is 2. The molecular formula is C27H36N2O4. The zero-order chi connectivity index (χ0) is 23.6. The van der Waals surface area contributed by atoms with Crippen LogP contribution in [0, 0.1) is 19.8 Å². The third kappa shape index (κ3) is 7.69. The molecule has 1 atom stereocenters. The van der Waals surface area contributed by atoms with Gasteiger partial charge in [0, 0.05) is 31.8 Å². The fraction of sp³-hybridized carbons (Fsp3) is 0.481. The van der Waals surface area contributed by atoms with Crippen molar-refractivity contribution in [1.82, 2.24) is 10.2 Å². The molecule has 0 saturated carbocycles. The summed E-state index contributed by atoms with van der Waals surface area (Å²) in [5, 5.41) is 3.06. The van der Waals surface area contributed by atoms with Gasteiger partial charge in [-0.15, -0.1) is 0 Å². The molecule has 1 aliphatic heterocycles. The van der Waals surface area contributed by atoms with E-state index in [-0.39, 0.29) is 17.7 Å². The first-order chi connectivity index (χ1) is 16.0. The molecule has 2 amide bonds. The molecule has 0 bridgehead atoms. The number of ether oxygens (including phenoxy) is 2. The number of aryl methyl sites for hydroxylation is 2. The van der Waals surface area contributed by atoms with Crippen LogP contribution in [0.25, 0.3) is 0 Å². The zero-order valence-electron chi connectivity index (χ0n) is 20.1. The normalized spacial score (nSPS) is 16.0. The first-order valence-electron chi connectivity index (χ1n) is 11.8. The summed E-state index contributed by atoms with van der Waals surface area (Å²) in [7, 11) is 0. The lowest BCUT2D eigenvalue weighted by Crippen LogP contribution is -2.45. The third-order valence-electron chi connectivity index (χ3n) is 5.85. The fourth-order valence-corrected chi connectivity index (χ4v) is 4.27. The van der Waals surface area contributed by atoms with Crippen LogP contribution in [0.3, 0.4) is 0 Å². The number of nitrogens with zero attached hydrogens (tertiary/aromatic N) is 1. The lowest BCUT2D eigenvalue weighted by Gasteiger charge is -2.32. The maximum absolute atomic E-state index is 13.0. The molecule has 33 heavy (non-hydrogen) atoms. The van der Waals surface area contributed by atoms with Crippen molar-refractivity contribution in [3.63, 3.8) is 0 Å². The molecule has 0 aliphatic carbocycles. The van der Waals surface area contributed by atoms with Gasteiger partial charge in [0.15, 0.2) is 0 Å². The summed E-state index contributed by atoms with van der Waals surface area (Å²) in [5.41, 5.74) is 4.96. The highest BCUT2D eigenvalue weighted by Gasteiger charge is 2.29. The number of hydrogen-bond acceptors (Lipinski definition) is 4. The van der Waals surface area contributed by atoms with Crippen LogP contribution in [0.5, 0.6) is 0 Å². The lowest BCUT2D eigenvalue weighted by atomic mass is 9.96. The van der Waals surface area contributed by atoms with E-state index in [4.69, 9.17) is 9.47 Å². The van der Waals surface area contributed by atoms with Gasteiger partial charge in [-0.1, -0.05) is 41.5 Å². The largest absolute Gasteiger partial charge is 0.379 e. The van der Waals surface area contributed by atoms with Crippen molar-refractivity contribution in [3.05, 3.63) is 70.3 Å². The number of carbonyl (C=O) groups is 2. The number of amides is 2. The first-order valence-corrected chi connectivity index (χ1v) is 11.8. The van der Waals surface area contributed by atoms with Crippen molar-refractivity contribution in [2.75, 3.05) is 32.9 Å². The molecule has 1 fully saturated rings. The van der Waals surface area contributed by atoms with Crippen molar-refractivity contribution in [1.29, 1.82) is 0 Å². The van der Waals surface area contributed by atoms with Gasteiger partial charge in [-0.3, -0.25) is 9.59 Å². The van der Waals surface area contributed by atoms with Crippen LogP contribution in [0.1, 0.15) is 52.4 Å². The number of piperidine rings is 1. The molecule has 1 N–H and O–H groups in total. The van der Waals surface area contributed by atoms with Gasteiger partial charge in [-0.25, -0.2) is 0 Å². The summed E-state index contributed by atoms with van der Waals surface area (Å²) in [6, 6.07) is 14.0. The third-order valence-corrected chi connectivity index (χ3v) is 5.85. The highest BCUT2D eigenvalue weighted by Crippen LogP contribution is 2.20. The Balaban J connectivity index is 1.50. The van der Waals surface area contributed by atoms with Crippen LogP contribution in [-0.4, -0.2) is 49.6 Å². The average molecular weight is 453 g/mol. The van der Waals surface area contributed by atoms with Crippen LogP contribution in [-0.2, 0) is 27.4 Å². The summed E-state index contributed by atoms with van der Waals surface area (Å²) in [6.07, 6.45) is 1.64. The van der Waals surface area contributed by atoms with E-state index in [1.54, 1.807) is 0 Å². The van der Waals surface area contributed by atoms with Crippen molar-refractivity contribution < 1.29 is 19.1 Å². The summed E-state index contributed by atoms with van der Waals surface area (Å²) in [6.45, 7) is 9.95. The molecule has 178 valence electrons. The molecule has 0 aromatic heterocycles. The van der Waals surface area contributed by atoms with Gasteiger partial charge in [0.1, 0.15) is 0 Å². The van der Waals surface area contributed by atoms with Crippen molar-refractivity contribution in [3.8, 4) is 0 Å². The maximum Gasteiger partial charge on any atom is 0.253 e. The number of nitrogens with one attached hydrogen (secondary N) is 1. The van der Waals surface area contributed by atoms with Crippen LogP contribution < -0.4 is 5.32 Å². The monoisotopic (exact) mass is 452 g/mol. The average Bonchev–Trinajstić information content (AvgIpc) is 2.81. The van der Waals surface area contributed by atoms with Crippen LogP contribution >= 0.6 is 0 Å². The Hall–Kier alpha value is -2.70. The molecule has 1 aliphatic rings. The second kappa shape index (κ2) is 12.5. The van der Waals surface area contributed by atoms with Crippen molar-refractivity contribution >= 4 is 11.8 Å². The van der Waals surface area contributed by atoms with E-state index in [0.29, 0.717) is 51.6 Å². The standard InChI is InChI=1S/C27H36N2O4/c1-4-32-11-12-33-19-23-8-5-7-22(16-23)17-28-26(30)24-9-6-10-29(18-24)27(31)25-14-20(2)13-21(3)15-25/h5,7-8,13-16,24H,4,6,9-12,17-19H2,1-3H3,(H,28,30). The number of carbonyl (C=O) groups excluding carboxylic acids is 2. The molecule has 0 radical (unpaired) electrons. The molecule has 6 heteroatoms. The zero-order valence-corrected chi connectivity index (χ0v) is 20.1. The van der Waals surface area contributed by atoms with Crippen LogP contribution in [0.15, 0.2) is 42.5 Å². The number of likely N-dealkylation sites (tertiary alicyclic amines) is 1. The Morgan fingerprint density at radius 1 is 1.03 bits per heavy atom. The van der Waals surface area contributed by atoms with Gasteiger partial charge >= 0.3 is 0 Å². The van der Waals surface area contributed by atoms with Gasteiger partial charge in [0.2, 0.25) is 5.91 Å². The molecule has 1 unspecified atom stereocenters. The first kappa shape index (κ1) is 24.9. The Morgan fingerprint density at radius 2 is 1.76 bits per heavy atom. The van der Waals surface area contributed by atoms with Gasteiger partial charge in [-0.2, -0.15) is 0 Å². The molecule has 1 heterocycles. The molecule has 1 saturated heterocycles. The van der Waals surface area contributed by atoms with Gasteiger partial charge < -0.3 is 19.7 Å². The SMILES string of the molecule is CCOCCOCc1cccc(CNC(=O)C2CCCN(C(=O)c3cc(C)cc(C)c3)C2)c1. The van der Waals surface area contributed by atoms with Gasteiger partial charge in [-0.05, 0) is 56.9 Å². The maximum atomic E-state index is 13.0. The van der Waals surface area contributed by atoms with Crippen LogP contribution in [0.2, 0.25) is 0 Å². The quantitative estimate of drug-likeness (QED) is 0.553. The molecule has 6 nitrogen and oxygen atoms in total. The Kier molecular flexibility index (Phi) is 9.46. The second-order valence-corrected chi connectivity index (χ2v) is 8.75. The van der Waals surface area contributed by atoms with E-state index in [1.807, 2.05) is 56.0 Å². The van der Waals surface area contributed by atoms with E-state index >= 15 is 0 Å². The molecule has 0 spiro atoms. The topological polar surface area (TPSA) is 67.9 Å². The molecular weight excluding hydrogens is 416 g/mol. The second-order valence-electron chi connectivity index (χ2n) is 8.75. The fourth-order valence-electron chi connectivity index (χ4n) is 4.27. The number of hydrogen-bond donors (Lipinski definition) is 1. The lowest BCUT2D eigenvalue weighted by molar-refractivity contribution is -0.126. The summed E-state index contributed by atoms with van der Waals surface area (Å²) in [5.74, 6) is -0.165. The molecule has 2 aromatic rings. The minimum Gasteiger partial charge on any atom is -0.379 e. The van der Waals surface area contributed by atoms with Gasteiger partial charge in [0.25, 0.3) is 5.91 Å². The van der Waals surface area contributed by atoms with E-state index in [1.165, 1.54) is 0 Å². The van der Waals surface area contributed by atoms with Crippen molar-refractivity contribution in [2.45, 2.75) is 46.8 Å². The minimum atomic E-state index is -0.182. The summed E-state index contributed by atoms with van der Waals surface area (Å²) >= 11 is 0. The van der Waals surface area contributed by atoms with E-state index in [2.05, 4.69) is 17.4 Å². The van der Waals surface area contributed by atoms with E-state index in [0.717, 1.165) is 35.1 Å². The Labute approximate surface area is 197 Å². The van der Waals surface area contributed by atoms with Crippen molar-refractivity contribution in [2.24, 2.45) is 5.92 Å². The van der Waals surface area contributed by atoms with Crippen LogP contribution in [0.4, 0.5) is 0 Å². The highest BCUT2D eigenvalue weighted by molar-refractivity contribution is 5.95. The Morgan fingerprint density at radius 3 is 2.52 bits per heavy atom. The van der Waals surface area contributed by atoms with E-state index < -0.39 is 0 Å². The predicted molar refractivity (Wildman–Crippen MR) is 129 cm³/mol.